The number of sulfonamides is 1. The predicted octanol–water partition coefficient (Wildman–Crippen LogP) is 2.42. The van der Waals surface area contributed by atoms with Crippen LogP contribution >= 0.6 is 0 Å². The summed E-state index contributed by atoms with van der Waals surface area (Å²) in [7, 11) is -1.83. The maximum atomic E-state index is 12.4. The van der Waals surface area contributed by atoms with Crippen LogP contribution in [0.25, 0.3) is 0 Å². The summed E-state index contributed by atoms with van der Waals surface area (Å²) >= 11 is 0. The standard InChI is InChI=1S/C19H21NO6S/c1-13(26-18(21)12-14-4-10-17(25-2)11-5-14)19(22)15-6-8-16(9-7-15)20-27(3,23)24/h4-11,13,20H,12H2,1-3H3/t13-/m1/s1. The first-order valence-corrected chi connectivity index (χ1v) is 10.0. The van der Waals surface area contributed by atoms with Crippen molar-refractivity contribution < 1.29 is 27.5 Å². The summed E-state index contributed by atoms with van der Waals surface area (Å²) in [6, 6.07) is 12.9. The Morgan fingerprint density at radius 3 is 2.15 bits per heavy atom. The smallest absolute Gasteiger partial charge is 0.310 e. The topological polar surface area (TPSA) is 98.8 Å². The average Bonchev–Trinajstić information content (AvgIpc) is 2.61. The van der Waals surface area contributed by atoms with Gasteiger partial charge < -0.3 is 9.47 Å². The van der Waals surface area contributed by atoms with Crippen molar-refractivity contribution >= 4 is 27.5 Å². The molecule has 0 saturated heterocycles. The van der Waals surface area contributed by atoms with E-state index in [9.17, 15) is 18.0 Å². The van der Waals surface area contributed by atoms with E-state index in [1.54, 1.807) is 31.4 Å². The van der Waals surface area contributed by atoms with Gasteiger partial charge in [0.2, 0.25) is 15.8 Å². The lowest BCUT2D eigenvalue weighted by molar-refractivity contribution is -0.145. The van der Waals surface area contributed by atoms with Gasteiger partial charge in [-0.1, -0.05) is 12.1 Å². The second-order valence-corrected chi connectivity index (χ2v) is 7.72. The van der Waals surface area contributed by atoms with Crippen LogP contribution in [0.4, 0.5) is 5.69 Å². The molecule has 8 heteroatoms. The molecule has 0 amide bonds. The Kier molecular flexibility index (Phi) is 6.57. The number of ether oxygens (including phenoxy) is 2. The number of hydrogen-bond acceptors (Lipinski definition) is 6. The fourth-order valence-electron chi connectivity index (χ4n) is 2.35. The lowest BCUT2D eigenvalue weighted by Gasteiger charge is -2.13. The van der Waals surface area contributed by atoms with Crippen molar-refractivity contribution in [2.75, 3.05) is 18.1 Å². The highest BCUT2D eigenvalue weighted by atomic mass is 32.2. The second kappa shape index (κ2) is 8.68. The van der Waals surface area contributed by atoms with E-state index < -0.39 is 22.1 Å². The van der Waals surface area contributed by atoms with Crippen molar-refractivity contribution in [2.24, 2.45) is 0 Å². The first-order valence-electron chi connectivity index (χ1n) is 8.12. The van der Waals surface area contributed by atoms with Gasteiger partial charge in [0.25, 0.3) is 0 Å². The summed E-state index contributed by atoms with van der Waals surface area (Å²) < 4.78 is 35.0. The number of methoxy groups -OCH3 is 1. The minimum absolute atomic E-state index is 0.0405. The summed E-state index contributed by atoms with van der Waals surface area (Å²) in [5.41, 5.74) is 1.41. The van der Waals surface area contributed by atoms with Crippen molar-refractivity contribution in [3.8, 4) is 5.75 Å². The molecule has 1 atom stereocenters. The SMILES string of the molecule is COc1ccc(CC(=O)O[C@H](C)C(=O)c2ccc(NS(C)(=O)=O)cc2)cc1. The quantitative estimate of drug-likeness (QED) is 0.548. The highest BCUT2D eigenvalue weighted by molar-refractivity contribution is 7.92. The number of hydrogen-bond donors (Lipinski definition) is 1. The van der Waals surface area contributed by atoms with Gasteiger partial charge in [-0.2, -0.15) is 0 Å². The van der Waals surface area contributed by atoms with Gasteiger partial charge in [-0.25, -0.2) is 8.42 Å². The molecular formula is C19H21NO6S. The summed E-state index contributed by atoms with van der Waals surface area (Å²) in [6.45, 7) is 1.50. The van der Waals surface area contributed by atoms with E-state index in [2.05, 4.69) is 4.72 Å². The summed E-state index contributed by atoms with van der Waals surface area (Å²) in [5.74, 6) is -0.204. The Labute approximate surface area is 158 Å². The van der Waals surface area contributed by atoms with Crippen LogP contribution in [0.2, 0.25) is 0 Å². The van der Waals surface area contributed by atoms with Gasteiger partial charge in [0.05, 0.1) is 19.8 Å². The van der Waals surface area contributed by atoms with Gasteiger partial charge in [-0.05, 0) is 48.9 Å². The van der Waals surface area contributed by atoms with Crippen LogP contribution < -0.4 is 9.46 Å². The lowest BCUT2D eigenvalue weighted by Crippen LogP contribution is -2.25. The first-order chi connectivity index (χ1) is 12.7. The normalized spacial score (nSPS) is 12.1. The molecule has 0 aliphatic rings. The summed E-state index contributed by atoms with van der Waals surface area (Å²) in [5, 5.41) is 0. The van der Waals surface area contributed by atoms with Gasteiger partial charge in [-0.15, -0.1) is 0 Å². The van der Waals surface area contributed by atoms with Crippen molar-refractivity contribution in [3.05, 3.63) is 59.7 Å². The zero-order valence-corrected chi connectivity index (χ0v) is 16.1. The molecule has 0 aliphatic carbocycles. The van der Waals surface area contributed by atoms with Crippen LogP contribution in [0.1, 0.15) is 22.8 Å². The molecule has 0 aliphatic heterocycles. The minimum atomic E-state index is -3.39. The highest BCUT2D eigenvalue weighted by Gasteiger charge is 2.20. The third-order valence-corrected chi connectivity index (χ3v) is 4.26. The fraction of sp³-hybridized carbons (Fsp3) is 0.263. The number of carbonyl (C=O) groups excluding carboxylic acids is 2. The van der Waals surface area contributed by atoms with Gasteiger partial charge in [0, 0.05) is 11.3 Å². The minimum Gasteiger partial charge on any atom is -0.497 e. The molecule has 0 fully saturated rings. The van der Waals surface area contributed by atoms with Crippen LogP contribution in [0.5, 0.6) is 5.75 Å². The molecule has 2 aromatic rings. The fourth-order valence-corrected chi connectivity index (χ4v) is 2.92. The van der Waals surface area contributed by atoms with Gasteiger partial charge >= 0.3 is 5.97 Å². The van der Waals surface area contributed by atoms with E-state index in [1.807, 2.05) is 0 Å². The Morgan fingerprint density at radius 2 is 1.63 bits per heavy atom. The monoisotopic (exact) mass is 391 g/mol. The molecule has 0 unspecified atom stereocenters. The van der Waals surface area contributed by atoms with E-state index in [0.717, 1.165) is 11.8 Å². The number of anilines is 1. The van der Waals surface area contributed by atoms with E-state index in [0.29, 0.717) is 17.0 Å². The predicted molar refractivity (Wildman–Crippen MR) is 101 cm³/mol. The number of benzene rings is 2. The summed E-state index contributed by atoms with van der Waals surface area (Å²) in [6.07, 6.45) is 0.124. The Balaban J connectivity index is 1.94. The van der Waals surface area contributed by atoms with E-state index in [1.165, 1.54) is 31.2 Å². The van der Waals surface area contributed by atoms with Crippen LogP contribution in [0.15, 0.2) is 48.5 Å². The van der Waals surface area contributed by atoms with E-state index >= 15 is 0 Å². The van der Waals surface area contributed by atoms with Crippen molar-refractivity contribution in [1.29, 1.82) is 0 Å². The van der Waals surface area contributed by atoms with Crippen LogP contribution in [0.3, 0.4) is 0 Å². The molecule has 1 N–H and O–H groups in total. The number of Topliss-reactive ketones (excluding diaryl/α,β-unsaturated/α-hetero) is 1. The molecule has 27 heavy (non-hydrogen) atoms. The van der Waals surface area contributed by atoms with Crippen molar-refractivity contribution in [1.82, 2.24) is 0 Å². The third kappa shape index (κ3) is 6.41. The van der Waals surface area contributed by atoms with Crippen molar-refractivity contribution in [3.63, 3.8) is 0 Å². The summed E-state index contributed by atoms with van der Waals surface area (Å²) in [4.78, 5) is 24.4. The third-order valence-electron chi connectivity index (χ3n) is 3.66. The van der Waals surface area contributed by atoms with Crippen LogP contribution in [0, 0.1) is 0 Å². The van der Waals surface area contributed by atoms with E-state index in [4.69, 9.17) is 9.47 Å². The molecule has 0 bridgehead atoms. The maximum absolute atomic E-state index is 12.4. The van der Waals surface area contributed by atoms with Gasteiger partial charge in [0.15, 0.2) is 6.10 Å². The Hall–Kier alpha value is -2.87. The number of nitrogens with one attached hydrogen (secondary N) is 1. The average molecular weight is 391 g/mol. The van der Waals surface area contributed by atoms with Crippen molar-refractivity contribution in [2.45, 2.75) is 19.4 Å². The maximum Gasteiger partial charge on any atom is 0.310 e. The molecule has 0 saturated carbocycles. The van der Waals surface area contributed by atoms with Crippen LogP contribution in [-0.4, -0.2) is 39.6 Å². The molecule has 0 aromatic heterocycles. The number of esters is 1. The lowest BCUT2D eigenvalue weighted by atomic mass is 10.1. The zero-order chi connectivity index (χ0) is 20.0. The molecular weight excluding hydrogens is 370 g/mol. The molecule has 2 aromatic carbocycles. The Bertz CT molecular complexity index is 904. The number of rotatable bonds is 8. The molecule has 2 rings (SSSR count). The number of carbonyl (C=O) groups is 2. The molecule has 0 heterocycles. The molecule has 0 spiro atoms. The molecule has 144 valence electrons. The highest BCUT2D eigenvalue weighted by Crippen LogP contribution is 2.15. The second-order valence-electron chi connectivity index (χ2n) is 5.97. The largest absolute Gasteiger partial charge is 0.497 e. The molecule has 0 radical (unpaired) electrons. The number of ketones is 1. The molecule has 7 nitrogen and oxygen atoms in total. The van der Waals surface area contributed by atoms with Gasteiger partial charge in [-0.3, -0.25) is 14.3 Å². The van der Waals surface area contributed by atoms with Gasteiger partial charge in [0.1, 0.15) is 5.75 Å². The first kappa shape index (κ1) is 20.4. The van der Waals surface area contributed by atoms with Crippen LogP contribution in [-0.2, 0) is 26.0 Å². The Morgan fingerprint density at radius 1 is 1.04 bits per heavy atom. The van der Waals surface area contributed by atoms with E-state index in [-0.39, 0.29) is 12.2 Å². The zero-order valence-electron chi connectivity index (χ0n) is 15.3.